The van der Waals surface area contributed by atoms with Gasteiger partial charge in [-0.15, -0.1) is 0 Å². The highest BCUT2D eigenvalue weighted by Crippen LogP contribution is 2.24. The van der Waals surface area contributed by atoms with Crippen molar-refractivity contribution in [3.63, 3.8) is 0 Å². The first kappa shape index (κ1) is 15.2. The van der Waals surface area contributed by atoms with Crippen molar-refractivity contribution in [1.29, 1.82) is 0 Å². The molecule has 0 aliphatic carbocycles. The molecule has 2 aromatic rings. The molecule has 0 atom stereocenters. The van der Waals surface area contributed by atoms with Crippen molar-refractivity contribution in [3.05, 3.63) is 28.9 Å². The lowest BCUT2D eigenvalue weighted by Gasteiger charge is -2.12. The van der Waals surface area contributed by atoms with Crippen LogP contribution in [0.1, 0.15) is 37.3 Å². The van der Waals surface area contributed by atoms with Gasteiger partial charge in [-0.1, -0.05) is 32.1 Å². The summed E-state index contributed by atoms with van der Waals surface area (Å²) in [6, 6.07) is 0. The number of aliphatic carboxylic acids is 1. The molecule has 2 N–H and O–H groups in total. The Morgan fingerprint density at radius 3 is 2.76 bits per heavy atom. The second kappa shape index (κ2) is 6.09. The van der Waals surface area contributed by atoms with E-state index in [1.165, 1.54) is 11.3 Å². The monoisotopic (exact) mass is 307 g/mol. The molecule has 0 aliphatic rings. The number of aromatic nitrogens is 2. The Hall–Kier alpha value is -2.15. The van der Waals surface area contributed by atoms with Gasteiger partial charge in [-0.2, -0.15) is 0 Å². The zero-order chi connectivity index (χ0) is 15.5. The lowest BCUT2D eigenvalue weighted by atomic mass is 9.94. The molecule has 7 heteroatoms. The van der Waals surface area contributed by atoms with Crippen LogP contribution in [-0.4, -0.2) is 27.6 Å². The standard InChI is InChI=1S/C14H17N3O3S/c1-14(2,3)10-7-15-11(20-10)5-4-9-6-16-13(21-9)17-8-12(18)19/h4-7H,8H2,1-3H3,(H,16,17)(H,18,19). The summed E-state index contributed by atoms with van der Waals surface area (Å²) in [6.07, 6.45) is 7.00. The van der Waals surface area contributed by atoms with Gasteiger partial charge in [0, 0.05) is 22.6 Å². The maximum absolute atomic E-state index is 10.5. The number of carbonyl (C=O) groups is 1. The van der Waals surface area contributed by atoms with Crippen molar-refractivity contribution < 1.29 is 14.3 Å². The Kier molecular flexibility index (Phi) is 4.42. The van der Waals surface area contributed by atoms with E-state index in [4.69, 9.17) is 9.52 Å². The van der Waals surface area contributed by atoms with Crippen LogP contribution in [0.2, 0.25) is 0 Å². The molecule has 0 aliphatic heterocycles. The minimum atomic E-state index is -0.920. The lowest BCUT2D eigenvalue weighted by molar-refractivity contribution is -0.134. The highest BCUT2D eigenvalue weighted by Gasteiger charge is 2.18. The van der Waals surface area contributed by atoms with Crippen LogP contribution in [0, 0.1) is 0 Å². The third-order valence-corrected chi connectivity index (χ3v) is 3.49. The van der Waals surface area contributed by atoms with Crippen LogP contribution in [0.15, 0.2) is 16.8 Å². The maximum atomic E-state index is 10.5. The van der Waals surface area contributed by atoms with Crippen LogP contribution >= 0.6 is 11.3 Å². The fraction of sp³-hybridized carbons (Fsp3) is 0.357. The van der Waals surface area contributed by atoms with E-state index in [9.17, 15) is 4.79 Å². The average molecular weight is 307 g/mol. The average Bonchev–Trinajstić information content (AvgIpc) is 3.02. The number of anilines is 1. The molecule has 0 spiro atoms. The molecule has 0 radical (unpaired) electrons. The molecule has 2 aromatic heterocycles. The molecule has 112 valence electrons. The van der Waals surface area contributed by atoms with E-state index >= 15 is 0 Å². The maximum Gasteiger partial charge on any atom is 0.322 e. The largest absolute Gasteiger partial charge is 0.480 e. The van der Waals surface area contributed by atoms with Gasteiger partial charge in [0.2, 0.25) is 5.89 Å². The molecule has 0 aromatic carbocycles. The van der Waals surface area contributed by atoms with Crippen molar-refractivity contribution in [2.24, 2.45) is 0 Å². The SMILES string of the molecule is CC(C)(C)c1cnc(C=Cc2cnc(NCC(=O)O)s2)o1. The number of hydrogen-bond acceptors (Lipinski definition) is 6. The van der Waals surface area contributed by atoms with Crippen molar-refractivity contribution in [1.82, 2.24) is 9.97 Å². The van der Waals surface area contributed by atoms with E-state index < -0.39 is 5.97 Å². The fourth-order valence-corrected chi connectivity index (χ4v) is 2.18. The Bertz CT molecular complexity index is 652. The second-order valence-corrected chi connectivity index (χ2v) is 6.52. The normalized spacial score (nSPS) is 12.0. The predicted octanol–water partition coefficient (Wildman–Crippen LogP) is 3.10. The minimum absolute atomic E-state index is 0.0719. The zero-order valence-corrected chi connectivity index (χ0v) is 12.9. The molecule has 2 heterocycles. The Labute approximate surface area is 126 Å². The number of hydrogen-bond donors (Lipinski definition) is 2. The summed E-state index contributed by atoms with van der Waals surface area (Å²) >= 11 is 1.36. The zero-order valence-electron chi connectivity index (χ0n) is 12.1. The smallest absolute Gasteiger partial charge is 0.322 e. The van der Waals surface area contributed by atoms with Gasteiger partial charge in [0.25, 0.3) is 0 Å². The van der Waals surface area contributed by atoms with Crippen LogP contribution < -0.4 is 5.32 Å². The van der Waals surface area contributed by atoms with E-state index in [1.54, 1.807) is 18.5 Å². The predicted molar refractivity (Wildman–Crippen MR) is 82.4 cm³/mol. The van der Waals surface area contributed by atoms with Crippen molar-refractivity contribution in [3.8, 4) is 0 Å². The Balaban J connectivity index is 2.01. The minimum Gasteiger partial charge on any atom is -0.480 e. The molecule has 0 saturated carbocycles. The topological polar surface area (TPSA) is 88.2 Å². The second-order valence-electron chi connectivity index (χ2n) is 5.46. The fourth-order valence-electron chi connectivity index (χ4n) is 1.46. The third kappa shape index (κ3) is 4.42. The summed E-state index contributed by atoms with van der Waals surface area (Å²) in [4.78, 5) is 19.6. The Morgan fingerprint density at radius 2 is 2.14 bits per heavy atom. The van der Waals surface area contributed by atoms with Crippen LogP contribution in [0.25, 0.3) is 12.2 Å². The molecule has 0 unspecified atom stereocenters. The highest BCUT2D eigenvalue weighted by molar-refractivity contribution is 7.16. The van der Waals surface area contributed by atoms with Gasteiger partial charge < -0.3 is 14.8 Å². The number of oxazole rings is 1. The van der Waals surface area contributed by atoms with E-state index in [0.717, 1.165) is 10.6 Å². The van der Waals surface area contributed by atoms with E-state index in [-0.39, 0.29) is 12.0 Å². The number of nitrogens with zero attached hydrogens (tertiary/aromatic N) is 2. The van der Waals surface area contributed by atoms with Crippen LogP contribution in [0.4, 0.5) is 5.13 Å². The number of carboxylic acid groups (broad SMARTS) is 1. The summed E-state index contributed by atoms with van der Waals surface area (Å²) in [5.41, 5.74) is -0.0719. The molecule has 0 fully saturated rings. The first-order valence-electron chi connectivity index (χ1n) is 6.40. The summed E-state index contributed by atoms with van der Waals surface area (Å²) in [5.74, 6) is 0.445. The van der Waals surface area contributed by atoms with Crippen LogP contribution in [0.5, 0.6) is 0 Å². The molecule has 2 rings (SSSR count). The summed E-state index contributed by atoms with van der Waals surface area (Å²) in [7, 11) is 0. The first-order chi connectivity index (χ1) is 9.84. The Morgan fingerprint density at radius 1 is 1.38 bits per heavy atom. The van der Waals surface area contributed by atoms with Gasteiger partial charge in [0.1, 0.15) is 12.3 Å². The van der Waals surface area contributed by atoms with Gasteiger partial charge in [-0.3, -0.25) is 4.79 Å². The van der Waals surface area contributed by atoms with Crippen molar-refractivity contribution in [2.75, 3.05) is 11.9 Å². The molecule has 0 amide bonds. The number of nitrogens with one attached hydrogen (secondary N) is 1. The molecule has 0 saturated heterocycles. The number of carboxylic acids is 1. The van der Waals surface area contributed by atoms with Crippen molar-refractivity contribution >= 4 is 34.6 Å². The van der Waals surface area contributed by atoms with E-state index in [2.05, 4.69) is 36.1 Å². The van der Waals surface area contributed by atoms with Gasteiger partial charge in [0.15, 0.2) is 5.13 Å². The number of thiazole rings is 1. The highest BCUT2D eigenvalue weighted by atomic mass is 32.1. The van der Waals surface area contributed by atoms with Gasteiger partial charge in [0.05, 0.1) is 6.20 Å². The van der Waals surface area contributed by atoms with E-state index in [1.807, 2.05) is 6.08 Å². The molecule has 6 nitrogen and oxygen atoms in total. The van der Waals surface area contributed by atoms with Crippen LogP contribution in [-0.2, 0) is 10.2 Å². The summed E-state index contributed by atoms with van der Waals surface area (Å²) in [5, 5.41) is 11.9. The van der Waals surface area contributed by atoms with Crippen molar-refractivity contribution in [2.45, 2.75) is 26.2 Å². The molecular formula is C14H17N3O3S. The first-order valence-corrected chi connectivity index (χ1v) is 7.22. The van der Waals surface area contributed by atoms with Crippen LogP contribution in [0.3, 0.4) is 0 Å². The summed E-state index contributed by atoms with van der Waals surface area (Å²) in [6.45, 7) is 6.03. The van der Waals surface area contributed by atoms with Gasteiger partial charge >= 0.3 is 5.97 Å². The van der Waals surface area contributed by atoms with E-state index in [0.29, 0.717) is 11.0 Å². The van der Waals surface area contributed by atoms with Gasteiger partial charge in [-0.05, 0) is 6.08 Å². The number of rotatable bonds is 5. The molecule has 0 bridgehead atoms. The molecular weight excluding hydrogens is 290 g/mol. The molecule has 21 heavy (non-hydrogen) atoms. The van der Waals surface area contributed by atoms with Gasteiger partial charge in [-0.25, -0.2) is 9.97 Å². The quantitative estimate of drug-likeness (QED) is 0.882. The summed E-state index contributed by atoms with van der Waals surface area (Å²) < 4.78 is 5.65. The lowest BCUT2D eigenvalue weighted by Crippen LogP contribution is -2.11. The third-order valence-electron chi connectivity index (χ3n) is 2.57.